The number of carboxylic acid groups (broad SMARTS) is 1. The first-order valence-electron chi connectivity index (χ1n) is 9.66. The van der Waals surface area contributed by atoms with Gasteiger partial charge in [-0.1, -0.05) is 26.5 Å². The standard InChI is InChI=1S/C23H30N2O4/c1-7-19(15(2)3)22-20(17(5)29-11-10-28-6)13-21(23(26)27)25(22)14-18-12-16(4)8-9-24-18/h7-9,12-13,15H,5,10-11,14H2,1-4,6H3,(H,26,27)/b19-7-. The molecule has 2 aromatic rings. The molecule has 29 heavy (non-hydrogen) atoms. The highest BCUT2D eigenvalue weighted by atomic mass is 16.5. The molecule has 156 valence electrons. The highest BCUT2D eigenvalue weighted by molar-refractivity contribution is 5.90. The minimum absolute atomic E-state index is 0.176. The van der Waals surface area contributed by atoms with Gasteiger partial charge >= 0.3 is 5.97 Å². The van der Waals surface area contributed by atoms with Gasteiger partial charge in [0.1, 0.15) is 18.1 Å². The van der Waals surface area contributed by atoms with Crippen LogP contribution in [0.2, 0.25) is 0 Å². The second-order valence-corrected chi connectivity index (χ2v) is 7.17. The lowest BCUT2D eigenvalue weighted by Gasteiger charge is -2.19. The Morgan fingerprint density at radius 2 is 2.07 bits per heavy atom. The number of hydrogen-bond acceptors (Lipinski definition) is 4. The normalized spacial score (nSPS) is 11.7. The largest absolute Gasteiger partial charge is 0.491 e. The van der Waals surface area contributed by atoms with E-state index in [-0.39, 0.29) is 11.6 Å². The molecule has 2 aromatic heterocycles. The van der Waals surface area contributed by atoms with Gasteiger partial charge in [0.2, 0.25) is 0 Å². The van der Waals surface area contributed by atoms with Crippen LogP contribution in [-0.4, -0.2) is 41.0 Å². The molecule has 0 spiro atoms. The first-order valence-corrected chi connectivity index (χ1v) is 9.66. The highest BCUT2D eigenvalue weighted by Crippen LogP contribution is 2.34. The Morgan fingerprint density at radius 3 is 2.62 bits per heavy atom. The summed E-state index contributed by atoms with van der Waals surface area (Å²) >= 11 is 0. The summed E-state index contributed by atoms with van der Waals surface area (Å²) in [4.78, 5) is 16.5. The molecule has 0 radical (unpaired) electrons. The Labute approximate surface area is 172 Å². The Morgan fingerprint density at radius 1 is 1.34 bits per heavy atom. The molecule has 0 bridgehead atoms. The minimum Gasteiger partial charge on any atom is -0.491 e. The van der Waals surface area contributed by atoms with Crippen molar-refractivity contribution >= 4 is 17.3 Å². The Hall–Kier alpha value is -2.86. The van der Waals surface area contributed by atoms with E-state index < -0.39 is 5.97 Å². The summed E-state index contributed by atoms with van der Waals surface area (Å²) in [5.41, 5.74) is 4.54. The molecular weight excluding hydrogens is 368 g/mol. The van der Waals surface area contributed by atoms with Crippen molar-refractivity contribution in [1.29, 1.82) is 0 Å². The number of hydrogen-bond donors (Lipinski definition) is 1. The van der Waals surface area contributed by atoms with Crippen molar-refractivity contribution in [2.24, 2.45) is 5.92 Å². The van der Waals surface area contributed by atoms with E-state index in [2.05, 4.69) is 25.4 Å². The number of carboxylic acids is 1. The molecule has 1 N–H and O–H groups in total. The number of carbonyl (C=O) groups is 1. The molecule has 6 nitrogen and oxygen atoms in total. The van der Waals surface area contributed by atoms with Crippen molar-refractivity contribution in [2.75, 3.05) is 20.3 Å². The van der Waals surface area contributed by atoms with Crippen LogP contribution in [0.3, 0.4) is 0 Å². The van der Waals surface area contributed by atoms with Gasteiger partial charge in [-0.25, -0.2) is 4.79 Å². The molecule has 0 unspecified atom stereocenters. The van der Waals surface area contributed by atoms with Crippen molar-refractivity contribution in [2.45, 2.75) is 34.2 Å². The maximum absolute atomic E-state index is 12.1. The second-order valence-electron chi connectivity index (χ2n) is 7.17. The van der Waals surface area contributed by atoms with Crippen molar-refractivity contribution in [1.82, 2.24) is 9.55 Å². The number of nitrogens with zero attached hydrogens (tertiary/aromatic N) is 2. The van der Waals surface area contributed by atoms with E-state index in [1.165, 1.54) is 0 Å². The third kappa shape index (κ3) is 5.35. The number of aromatic nitrogens is 2. The minimum atomic E-state index is -1.01. The van der Waals surface area contributed by atoms with E-state index in [1.807, 2.05) is 32.1 Å². The molecule has 0 saturated heterocycles. The zero-order chi connectivity index (χ0) is 21.6. The molecule has 0 atom stereocenters. The smallest absolute Gasteiger partial charge is 0.352 e. The van der Waals surface area contributed by atoms with Gasteiger partial charge in [-0.3, -0.25) is 4.98 Å². The lowest BCUT2D eigenvalue weighted by atomic mass is 9.96. The molecule has 0 fully saturated rings. The first-order chi connectivity index (χ1) is 13.8. The quantitative estimate of drug-likeness (QED) is 0.466. The van der Waals surface area contributed by atoms with Gasteiger partial charge in [0, 0.05) is 18.9 Å². The Balaban J connectivity index is 2.64. The van der Waals surface area contributed by atoms with Gasteiger partial charge in [0.15, 0.2) is 0 Å². The number of pyridine rings is 1. The summed E-state index contributed by atoms with van der Waals surface area (Å²) in [5.74, 6) is -0.393. The highest BCUT2D eigenvalue weighted by Gasteiger charge is 2.25. The van der Waals surface area contributed by atoms with E-state index in [1.54, 1.807) is 23.9 Å². The van der Waals surface area contributed by atoms with E-state index in [4.69, 9.17) is 9.47 Å². The van der Waals surface area contributed by atoms with Crippen LogP contribution in [0.1, 0.15) is 53.8 Å². The van der Waals surface area contributed by atoms with Gasteiger partial charge in [-0.05, 0) is 49.1 Å². The van der Waals surface area contributed by atoms with Crippen LogP contribution in [0.5, 0.6) is 0 Å². The topological polar surface area (TPSA) is 73.6 Å². The molecule has 2 heterocycles. The van der Waals surface area contributed by atoms with Crippen LogP contribution in [0, 0.1) is 12.8 Å². The Bertz CT molecular complexity index is 910. The van der Waals surface area contributed by atoms with Crippen molar-refractivity contribution in [3.05, 3.63) is 65.3 Å². The third-order valence-corrected chi connectivity index (χ3v) is 4.68. The van der Waals surface area contributed by atoms with Crippen molar-refractivity contribution in [3.63, 3.8) is 0 Å². The van der Waals surface area contributed by atoms with Crippen LogP contribution < -0.4 is 0 Å². The average molecular weight is 399 g/mol. The molecule has 0 aliphatic carbocycles. The summed E-state index contributed by atoms with van der Waals surface area (Å²) in [6, 6.07) is 5.51. The van der Waals surface area contributed by atoms with Crippen molar-refractivity contribution in [3.8, 4) is 0 Å². The van der Waals surface area contributed by atoms with Crippen LogP contribution in [0.4, 0.5) is 0 Å². The Kier molecular flexibility index (Phi) is 7.79. The summed E-state index contributed by atoms with van der Waals surface area (Å²) in [5, 5.41) is 9.87. The van der Waals surface area contributed by atoms with Crippen molar-refractivity contribution < 1.29 is 19.4 Å². The third-order valence-electron chi connectivity index (χ3n) is 4.68. The zero-order valence-corrected chi connectivity index (χ0v) is 17.9. The van der Waals surface area contributed by atoms with E-state index in [0.717, 1.165) is 22.5 Å². The van der Waals surface area contributed by atoms with Gasteiger partial charge < -0.3 is 19.1 Å². The fourth-order valence-corrected chi connectivity index (χ4v) is 3.33. The number of rotatable bonds is 10. The molecule has 0 aliphatic rings. The van der Waals surface area contributed by atoms with Gasteiger partial charge in [0.25, 0.3) is 0 Å². The fourth-order valence-electron chi connectivity index (χ4n) is 3.33. The lowest BCUT2D eigenvalue weighted by Crippen LogP contribution is -2.14. The molecule has 2 rings (SSSR count). The summed E-state index contributed by atoms with van der Waals surface area (Å²) in [6.07, 6.45) is 3.75. The summed E-state index contributed by atoms with van der Waals surface area (Å²) < 4.78 is 12.6. The van der Waals surface area contributed by atoms with Crippen LogP contribution in [-0.2, 0) is 16.0 Å². The van der Waals surface area contributed by atoms with E-state index in [9.17, 15) is 9.90 Å². The number of aryl methyl sites for hydroxylation is 1. The number of aromatic carboxylic acids is 1. The fraction of sp³-hybridized carbons (Fsp3) is 0.391. The zero-order valence-electron chi connectivity index (χ0n) is 17.9. The molecule has 6 heteroatoms. The molecule has 0 saturated carbocycles. The van der Waals surface area contributed by atoms with Gasteiger partial charge in [-0.2, -0.15) is 0 Å². The van der Waals surface area contributed by atoms with Gasteiger partial charge in [0.05, 0.1) is 24.5 Å². The number of allylic oxidation sites excluding steroid dienone is 2. The molecule has 0 amide bonds. The molecule has 0 aromatic carbocycles. The second kappa shape index (κ2) is 10.1. The van der Waals surface area contributed by atoms with Crippen LogP contribution in [0.25, 0.3) is 11.3 Å². The number of ether oxygens (including phenoxy) is 2. The SMILES string of the molecule is C=C(OCCOC)c1cc(C(=O)O)n(Cc2cc(C)ccn2)c1/C(=C\C)C(C)C. The van der Waals surface area contributed by atoms with E-state index >= 15 is 0 Å². The maximum Gasteiger partial charge on any atom is 0.352 e. The van der Waals surface area contributed by atoms with Crippen LogP contribution >= 0.6 is 0 Å². The lowest BCUT2D eigenvalue weighted by molar-refractivity contribution is 0.0685. The first kappa shape index (κ1) is 22.4. The molecular formula is C23H30N2O4. The maximum atomic E-state index is 12.1. The molecule has 0 aliphatic heterocycles. The summed E-state index contributed by atoms with van der Waals surface area (Å²) in [7, 11) is 1.60. The number of methoxy groups -OCH3 is 1. The van der Waals surface area contributed by atoms with E-state index in [0.29, 0.717) is 31.1 Å². The van der Waals surface area contributed by atoms with Crippen LogP contribution in [0.15, 0.2) is 37.1 Å². The predicted molar refractivity (Wildman–Crippen MR) is 115 cm³/mol. The van der Waals surface area contributed by atoms with Gasteiger partial charge in [-0.15, -0.1) is 0 Å². The predicted octanol–water partition coefficient (Wildman–Crippen LogP) is 4.63. The average Bonchev–Trinajstić information content (AvgIpc) is 3.01. The monoisotopic (exact) mass is 398 g/mol. The summed E-state index contributed by atoms with van der Waals surface area (Å²) in [6.45, 7) is 13.3.